The number of carbonyl (C=O) groups excluding carboxylic acids is 3. The molecule has 7 nitrogen and oxygen atoms in total. The Bertz CT molecular complexity index is 953. The van der Waals surface area contributed by atoms with Crippen LogP contribution in [0.15, 0.2) is 54.6 Å². The Hall–Kier alpha value is -2.90. The fourth-order valence-electron chi connectivity index (χ4n) is 4.06. The average molecular weight is 443 g/mol. The number of piperazine rings is 1. The van der Waals surface area contributed by atoms with Gasteiger partial charge in [-0.25, -0.2) is 4.79 Å². The number of amides is 4. The van der Waals surface area contributed by atoms with Gasteiger partial charge < -0.3 is 10.2 Å². The lowest BCUT2D eigenvalue weighted by Crippen LogP contribution is -2.52. The van der Waals surface area contributed by atoms with Crippen molar-refractivity contribution in [1.29, 1.82) is 0 Å². The van der Waals surface area contributed by atoms with E-state index in [-0.39, 0.29) is 36.8 Å². The topological polar surface area (TPSA) is 73.0 Å². The van der Waals surface area contributed by atoms with E-state index >= 15 is 0 Å². The second-order valence-corrected chi connectivity index (χ2v) is 7.90. The van der Waals surface area contributed by atoms with Crippen molar-refractivity contribution in [3.8, 4) is 0 Å². The number of imide groups is 1. The van der Waals surface area contributed by atoms with E-state index in [0.29, 0.717) is 26.2 Å². The Balaban J connectivity index is 0.00000272. The minimum absolute atomic E-state index is 0. The first-order valence-corrected chi connectivity index (χ1v) is 10.2. The van der Waals surface area contributed by atoms with E-state index in [2.05, 4.69) is 22.3 Å². The van der Waals surface area contributed by atoms with Crippen molar-refractivity contribution >= 4 is 30.3 Å². The van der Waals surface area contributed by atoms with Gasteiger partial charge in [0.25, 0.3) is 5.91 Å². The van der Waals surface area contributed by atoms with Gasteiger partial charge in [0.15, 0.2) is 0 Å². The van der Waals surface area contributed by atoms with Crippen LogP contribution in [0, 0.1) is 6.92 Å². The summed E-state index contributed by atoms with van der Waals surface area (Å²) in [5.74, 6) is -0.623. The van der Waals surface area contributed by atoms with Gasteiger partial charge in [0.1, 0.15) is 12.6 Å². The molecule has 0 bridgehead atoms. The Morgan fingerprint density at radius 3 is 2.52 bits per heavy atom. The van der Waals surface area contributed by atoms with Crippen molar-refractivity contribution in [1.82, 2.24) is 20.0 Å². The number of halogens is 1. The first-order valence-electron chi connectivity index (χ1n) is 10.2. The Kier molecular flexibility index (Phi) is 7.30. The van der Waals surface area contributed by atoms with Crippen molar-refractivity contribution in [3.63, 3.8) is 0 Å². The quantitative estimate of drug-likeness (QED) is 0.696. The van der Waals surface area contributed by atoms with Gasteiger partial charge in [-0.2, -0.15) is 0 Å². The zero-order valence-corrected chi connectivity index (χ0v) is 18.3. The second-order valence-electron chi connectivity index (χ2n) is 7.90. The van der Waals surface area contributed by atoms with Crippen molar-refractivity contribution < 1.29 is 14.4 Å². The molecule has 2 aromatic rings. The monoisotopic (exact) mass is 442 g/mol. The summed E-state index contributed by atoms with van der Waals surface area (Å²) in [6.07, 6.45) is 0. The number of urea groups is 1. The Morgan fingerprint density at radius 1 is 1.03 bits per heavy atom. The molecule has 2 aliphatic heterocycles. The summed E-state index contributed by atoms with van der Waals surface area (Å²) in [4.78, 5) is 42.8. The van der Waals surface area contributed by atoms with Gasteiger partial charge in [0.05, 0.1) is 0 Å². The van der Waals surface area contributed by atoms with Gasteiger partial charge in [-0.3, -0.25) is 19.4 Å². The van der Waals surface area contributed by atoms with E-state index < -0.39 is 6.04 Å². The fraction of sp³-hybridized carbons (Fsp3) is 0.348. The first kappa shape index (κ1) is 22.8. The van der Waals surface area contributed by atoms with E-state index in [1.807, 2.05) is 49.4 Å². The maximum atomic E-state index is 12.9. The predicted molar refractivity (Wildman–Crippen MR) is 120 cm³/mol. The summed E-state index contributed by atoms with van der Waals surface area (Å²) >= 11 is 0. The van der Waals surface area contributed by atoms with Gasteiger partial charge in [0, 0.05) is 32.7 Å². The number of rotatable bonds is 6. The maximum Gasteiger partial charge on any atom is 0.328 e. The normalized spacial score (nSPS) is 18.5. The number of hydrogen-bond acceptors (Lipinski definition) is 4. The molecule has 2 aliphatic rings. The molecule has 4 amide bonds. The molecule has 2 heterocycles. The summed E-state index contributed by atoms with van der Waals surface area (Å²) in [7, 11) is 0. The van der Waals surface area contributed by atoms with Crippen molar-refractivity contribution in [3.05, 3.63) is 71.3 Å². The largest absolute Gasteiger partial charge is 0.350 e. The van der Waals surface area contributed by atoms with Crippen LogP contribution in [0.2, 0.25) is 0 Å². The number of aryl methyl sites for hydroxylation is 1. The molecule has 1 unspecified atom stereocenters. The van der Waals surface area contributed by atoms with Gasteiger partial charge in [-0.15, -0.1) is 12.4 Å². The summed E-state index contributed by atoms with van der Waals surface area (Å²) in [6.45, 7) is 4.54. The molecule has 2 saturated heterocycles. The maximum absolute atomic E-state index is 12.9. The lowest BCUT2D eigenvalue weighted by Gasteiger charge is -2.35. The number of nitrogens with zero attached hydrogens (tertiary/aromatic N) is 3. The molecule has 0 saturated carbocycles. The molecule has 0 radical (unpaired) electrons. The van der Waals surface area contributed by atoms with Crippen molar-refractivity contribution in [2.24, 2.45) is 0 Å². The molecular weight excluding hydrogens is 416 g/mol. The van der Waals surface area contributed by atoms with Crippen LogP contribution in [0.1, 0.15) is 16.7 Å². The summed E-state index contributed by atoms with van der Waals surface area (Å²) in [6, 6.07) is 17.0. The van der Waals surface area contributed by atoms with Crippen LogP contribution in [0.25, 0.3) is 0 Å². The zero-order chi connectivity index (χ0) is 21.1. The number of benzene rings is 2. The molecule has 4 rings (SSSR count). The van der Waals surface area contributed by atoms with Crippen LogP contribution in [-0.2, 0) is 22.7 Å². The molecular formula is C23H27ClN4O3. The Morgan fingerprint density at radius 2 is 1.77 bits per heavy atom. The highest BCUT2D eigenvalue weighted by Crippen LogP contribution is 2.23. The lowest BCUT2D eigenvalue weighted by molar-refractivity contribution is -0.133. The second kappa shape index (κ2) is 9.94. The molecule has 2 fully saturated rings. The number of carbonyl (C=O) groups is 3. The SMILES string of the molecule is Cc1cccc(CNC(=O)CN2C(=O)C3CN(Cc4ccccc4)CCN3C2=O)c1.Cl. The molecule has 1 atom stereocenters. The molecule has 31 heavy (non-hydrogen) atoms. The highest BCUT2D eigenvalue weighted by molar-refractivity contribution is 6.06. The van der Waals surface area contributed by atoms with Gasteiger partial charge in [0.2, 0.25) is 5.91 Å². The van der Waals surface area contributed by atoms with Crippen LogP contribution in [-0.4, -0.2) is 64.8 Å². The van der Waals surface area contributed by atoms with Crippen molar-refractivity contribution in [2.75, 3.05) is 26.2 Å². The van der Waals surface area contributed by atoms with E-state index in [9.17, 15) is 14.4 Å². The summed E-state index contributed by atoms with van der Waals surface area (Å²) in [5, 5.41) is 2.80. The number of hydrogen-bond donors (Lipinski definition) is 1. The molecule has 8 heteroatoms. The van der Waals surface area contributed by atoms with Crippen LogP contribution in [0.5, 0.6) is 0 Å². The van der Waals surface area contributed by atoms with Crippen LogP contribution < -0.4 is 5.32 Å². The third-order valence-electron chi connectivity index (χ3n) is 5.62. The average Bonchev–Trinajstić information content (AvgIpc) is 2.97. The predicted octanol–water partition coefficient (Wildman–Crippen LogP) is 2.18. The van der Waals surface area contributed by atoms with Gasteiger partial charge in [-0.1, -0.05) is 60.2 Å². The molecule has 1 N–H and O–H groups in total. The first-order chi connectivity index (χ1) is 14.5. The van der Waals surface area contributed by atoms with Gasteiger partial charge in [-0.05, 0) is 18.1 Å². The lowest BCUT2D eigenvalue weighted by atomic mass is 10.1. The third-order valence-corrected chi connectivity index (χ3v) is 5.62. The van der Waals surface area contributed by atoms with E-state index in [4.69, 9.17) is 0 Å². The number of fused-ring (bicyclic) bond motifs is 1. The van der Waals surface area contributed by atoms with Crippen molar-refractivity contribution in [2.45, 2.75) is 26.1 Å². The summed E-state index contributed by atoms with van der Waals surface area (Å²) < 4.78 is 0. The molecule has 0 aromatic heterocycles. The third kappa shape index (κ3) is 5.24. The highest BCUT2D eigenvalue weighted by atomic mass is 35.5. The van der Waals surface area contributed by atoms with Crippen LogP contribution >= 0.6 is 12.4 Å². The fourth-order valence-corrected chi connectivity index (χ4v) is 4.06. The minimum atomic E-state index is -0.514. The van der Waals surface area contributed by atoms with Gasteiger partial charge >= 0.3 is 6.03 Å². The zero-order valence-electron chi connectivity index (χ0n) is 17.5. The van der Waals surface area contributed by atoms with E-state index in [0.717, 1.165) is 22.6 Å². The van der Waals surface area contributed by atoms with Crippen LogP contribution in [0.3, 0.4) is 0 Å². The Labute approximate surface area is 188 Å². The molecule has 164 valence electrons. The van der Waals surface area contributed by atoms with Crippen LogP contribution in [0.4, 0.5) is 4.79 Å². The molecule has 0 spiro atoms. The molecule has 2 aromatic carbocycles. The van der Waals surface area contributed by atoms with E-state index in [1.54, 1.807) is 4.90 Å². The minimum Gasteiger partial charge on any atom is -0.350 e. The standard InChI is InChI=1S/C23H26N4O3.ClH/c1-17-6-5-9-19(12-17)13-24-21(28)16-27-22(29)20-15-25(10-11-26(20)23(27)30)14-18-7-3-2-4-8-18;/h2-9,12,20H,10-11,13-16H2,1H3,(H,24,28);1H. The smallest absolute Gasteiger partial charge is 0.328 e. The highest BCUT2D eigenvalue weighted by Gasteiger charge is 2.47. The number of nitrogens with one attached hydrogen (secondary N) is 1. The summed E-state index contributed by atoms with van der Waals surface area (Å²) in [5.41, 5.74) is 3.27. The van der Waals surface area contributed by atoms with E-state index in [1.165, 1.54) is 5.56 Å². The molecule has 0 aliphatic carbocycles.